The predicted octanol–water partition coefficient (Wildman–Crippen LogP) is 5.36. The fraction of sp³-hybridized carbons (Fsp3) is 0.241. The lowest BCUT2D eigenvalue weighted by molar-refractivity contribution is -0.384. The molecule has 1 saturated heterocycles. The Bertz CT molecular complexity index is 1400. The quantitative estimate of drug-likeness (QED) is 0.252. The van der Waals surface area contributed by atoms with Gasteiger partial charge in [0.2, 0.25) is 0 Å². The first-order valence-corrected chi connectivity index (χ1v) is 12.3. The van der Waals surface area contributed by atoms with Crippen LogP contribution < -0.4 is 9.64 Å². The molecule has 1 aliphatic heterocycles. The topological polar surface area (TPSA) is 84.6 Å². The summed E-state index contributed by atoms with van der Waals surface area (Å²) in [6.45, 7) is 6.13. The number of para-hydroxylation sites is 2. The van der Waals surface area contributed by atoms with E-state index < -0.39 is 0 Å². The lowest BCUT2D eigenvalue weighted by Gasteiger charge is -2.37. The number of hydrogen-bond acceptors (Lipinski definition) is 7. The van der Waals surface area contributed by atoms with Crippen molar-refractivity contribution < 1.29 is 9.66 Å². The zero-order chi connectivity index (χ0) is 25.8. The normalized spacial score (nSPS) is 13.9. The molecule has 0 bridgehead atoms. The average Bonchev–Trinajstić information content (AvgIpc) is 2.95. The average molecular weight is 496 g/mol. The number of ether oxygens (including phenoxy) is 1. The number of aromatic nitrogens is 2. The molecular formula is C29H29N5O3. The molecule has 5 rings (SSSR count). The van der Waals surface area contributed by atoms with Crippen LogP contribution in [0.2, 0.25) is 0 Å². The van der Waals surface area contributed by atoms with E-state index in [0.29, 0.717) is 12.4 Å². The van der Waals surface area contributed by atoms with Gasteiger partial charge in [-0.15, -0.1) is 0 Å². The van der Waals surface area contributed by atoms with Crippen molar-refractivity contribution in [2.24, 2.45) is 0 Å². The molecule has 2 heterocycles. The van der Waals surface area contributed by atoms with Crippen LogP contribution >= 0.6 is 0 Å². The molecule has 1 aliphatic rings. The summed E-state index contributed by atoms with van der Waals surface area (Å²) in [7, 11) is 1.70. The van der Waals surface area contributed by atoms with Gasteiger partial charge in [0.15, 0.2) is 5.82 Å². The standard InChI is InChI=1S/C29H29N5O3/c1-21-25(20-32-15-17-33(18-16-32)26-13-6-7-14-27(26)37-2)28(23-11-8-12-24(19-23)34(35)36)31-29(30-21)22-9-4-3-5-10-22/h3-14,19H,15-18,20H2,1-2H3. The van der Waals surface area contributed by atoms with Crippen molar-refractivity contribution in [1.82, 2.24) is 14.9 Å². The number of aryl methyl sites for hydroxylation is 1. The van der Waals surface area contributed by atoms with Gasteiger partial charge in [-0.1, -0.05) is 54.6 Å². The molecule has 8 nitrogen and oxygen atoms in total. The van der Waals surface area contributed by atoms with Crippen LogP contribution in [0.1, 0.15) is 11.3 Å². The van der Waals surface area contributed by atoms with Crippen molar-refractivity contribution >= 4 is 11.4 Å². The minimum absolute atomic E-state index is 0.0476. The fourth-order valence-electron chi connectivity index (χ4n) is 4.77. The molecule has 1 fully saturated rings. The van der Waals surface area contributed by atoms with Crippen molar-refractivity contribution in [2.45, 2.75) is 13.5 Å². The predicted molar refractivity (Wildman–Crippen MR) is 145 cm³/mol. The SMILES string of the molecule is COc1ccccc1N1CCN(Cc2c(C)nc(-c3ccccc3)nc2-c2cccc([N+](=O)[O-])c2)CC1. The monoisotopic (exact) mass is 495 g/mol. The molecule has 3 aromatic carbocycles. The molecule has 4 aromatic rings. The van der Waals surface area contributed by atoms with E-state index in [4.69, 9.17) is 14.7 Å². The molecule has 0 radical (unpaired) electrons. The van der Waals surface area contributed by atoms with E-state index in [1.165, 1.54) is 6.07 Å². The maximum Gasteiger partial charge on any atom is 0.270 e. The third-order valence-electron chi connectivity index (χ3n) is 6.76. The van der Waals surface area contributed by atoms with Crippen LogP contribution in [-0.4, -0.2) is 53.1 Å². The minimum atomic E-state index is -0.369. The number of non-ortho nitro benzene ring substituents is 1. The molecule has 0 amide bonds. The summed E-state index contributed by atoms with van der Waals surface area (Å²) < 4.78 is 5.56. The molecule has 0 N–H and O–H groups in total. The van der Waals surface area contributed by atoms with E-state index in [0.717, 1.165) is 65.7 Å². The van der Waals surface area contributed by atoms with Crippen LogP contribution in [0.15, 0.2) is 78.9 Å². The van der Waals surface area contributed by atoms with E-state index in [2.05, 4.69) is 15.9 Å². The van der Waals surface area contributed by atoms with Gasteiger partial charge in [0.05, 0.1) is 23.4 Å². The maximum atomic E-state index is 11.5. The lowest BCUT2D eigenvalue weighted by Crippen LogP contribution is -2.46. The van der Waals surface area contributed by atoms with Crippen molar-refractivity contribution in [1.29, 1.82) is 0 Å². The van der Waals surface area contributed by atoms with Gasteiger partial charge in [-0.25, -0.2) is 9.97 Å². The van der Waals surface area contributed by atoms with Crippen LogP contribution in [0.25, 0.3) is 22.6 Å². The molecule has 0 spiro atoms. The Kier molecular flexibility index (Phi) is 7.09. The first-order valence-electron chi connectivity index (χ1n) is 12.3. The largest absolute Gasteiger partial charge is 0.495 e. The van der Waals surface area contributed by atoms with Gasteiger partial charge in [-0.05, 0) is 19.1 Å². The second-order valence-corrected chi connectivity index (χ2v) is 9.07. The third kappa shape index (κ3) is 5.29. The first kappa shape index (κ1) is 24.4. The minimum Gasteiger partial charge on any atom is -0.495 e. The zero-order valence-electron chi connectivity index (χ0n) is 21.0. The number of rotatable bonds is 7. The number of nitrogens with zero attached hydrogens (tertiary/aromatic N) is 5. The number of anilines is 1. The number of benzene rings is 3. The van der Waals surface area contributed by atoms with Crippen molar-refractivity contribution in [3.8, 4) is 28.4 Å². The van der Waals surface area contributed by atoms with Gasteiger partial charge in [0.25, 0.3) is 5.69 Å². The van der Waals surface area contributed by atoms with E-state index in [1.807, 2.05) is 61.5 Å². The highest BCUT2D eigenvalue weighted by Gasteiger charge is 2.23. The Balaban J connectivity index is 1.45. The third-order valence-corrected chi connectivity index (χ3v) is 6.76. The Labute approximate surface area is 216 Å². The van der Waals surface area contributed by atoms with Crippen molar-refractivity contribution in [2.75, 3.05) is 38.2 Å². The van der Waals surface area contributed by atoms with Crippen LogP contribution in [0.3, 0.4) is 0 Å². The zero-order valence-corrected chi connectivity index (χ0v) is 21.0. The molecule has 0 atom stereocenters. The number of piperazine rings is 1. The van der Waals surface area contributed by atoms with Crippen LogP contribution in [-0.2, 0) is 6.54 Å². The summed E-state index contributed by atoms with van der Waals surface area (Å²) in [6.07, 6.45) is 0. The summed E-state index contributed by atoms with van der Waals surface area (Å²) >= 11 is 0. The summed E-state index contributed by atoms with van der Waals surface area (Å²) in [4.78, 5) is 25.6. The Morgan fingerprint density at radius 1 is 0.892 bits per heavy atom. The van der Waals surface area contributed by atoms with Gasteiger partial charge in [0.1, 0.15) is 5.75 Å². The molecule has 188 valence electrons. The van der Waals surface area contributed by atoms with E-state index >= 15 is 0 Å². The molecule has 0 saturated carbocycles. The molecule has 0 aliphatic carbocycles. The molecule has 1 aromatic heterocycles. The summed E-state index contributed by atoms with van der Waals surface area (Å²) in [5.74, 6) is 1.49. The van der Waals surface area contributed by atoms with Crippen LogP contribution in [0, 0.1) is 17.0 Å². The van der Waals surface area contributed by atoms with Crippen molar-refractivity contribution in [3.05, 3.63) is 100 Å². The second kappa shape index (κ2) is 10.8. The van der Waals surface area contributed by atoms with Gasteiger partial charge < -0.3 is 9.64 Å². The van der Waals surface area contributed by atoms with Crippen LogP contribution in [0.5, 0.6) is 5.75 Å². The Morgan fingerprint density at radius 2 is 1.59 bits per heavy atom. The summed E-state index contributed by atoms with van der Waals surface area (Å²) in [5.41, 5.74) is 5.39. The van der Waals surface area contributed by atoms with E-state index in [9.17, 15) is 10.1 Å². The molecule has 37 heavy (non-hydrogen) atoms. The summed E-state index contributed by atoms with van der Waals surface area (Å²) in [6, 6.07) is 24.6. The fourth-order valence-corrected chi connectivity index (χ4v) is 4.77. The second-order valence-electron chi connectivity index (χ2n) is 9.07. The van der Waals surface area contributed by atoms with Gasteiger partial charge in [-0.3, -0.25) is 15.0 Å². The van der Waals surface area contributed by atoms with Gasteiger partial charge in [-0.2, -0.15) is 0 Å². The summed E-state index contributed by atoms with van der Waals surface area (Å²) in [5, 5.41) is 11.5. The van der Waals surface area contributed by atoms with Crippen molar-refractivity contribution in [3.63, 3.8) is 0 Å². The van der Waals surface area contributed by atoms with E-state index in [-0.39, 0.29) is 10.6 Å². The smallest absolute Gasteiger partial charge is 0.270 e. The van der Waals surface area contributed by atoms with Gasteiger partial charge in [0, 0.05) is 67.2 Å². The maximum absolute atomic E-state index is 11.5. The Hall–Kier alpha value is -4.30. The Morgan fingerprint density at radius 3 is 2.32 bits per heavy atom. The molecular weight excluding hydrogens is 466 g/mol. The van der Waals surface area contributed by atoms with E-state index in [1.54, 1.807) is 19.2 Å². The highest BCUT2D eigenvalue weighted by Crippen LogP contribution is 2.32. The number of methoxy groups -OCH3 is 1. The molecule has 8 heteroatoms. The number of hydrogen-bond donors (Lipinski definition) is 0. The molecule has 0 unspecified atom stereocenters. The van der Waals surface area contributed by atoms with Crippen LogP contribution in [0.4, 0.5) is 11.4 Å². The lowest BCUT2D eigenvalue weighted by atomic mass is 10.0. The number of nitro benzene ring substituents is 1. The highest BCUT2D eigenvalue weighted by molar-refractivity contribution is 5.69. The highest BCUT2D eigenvalue weighted by atomic mass is 16.6. The van der Waals surface area contributed by atoms with Gasteiger partial charge >= 0.3 is 0 Å². The number of nitro groups is 1. The first-order chi connectivity index (χ1) is 18.0.